The van der Waals surface area contributed by atoms with Crippen LogP contribution in [-0.2, 0) is 45.2 Å². The molecule has 10 rings (SSSR count). The third kappa shape index (κ3) is 40.2. The minimum absolute atomic E-state index is 0.151. The van der Waals surface area contributed by atoms with Crippen molar-refractivity contribution >= 4 is 17.4 Å². The van der Waals surface area contributed by atoms with Crippen LogP contribution in [0.3, 0.4) is 0 Å². The average molecular weight is 1510 g/mol. The lowest BCUT2D eigenvalue weighted by Crippen LogP contribution is -2.48. The predicted molar refractivity (Wildman–Crippen MR) is 474 cm³/mol. The molecule has 2 aliphatic rings. The van der Waals surface area contributed by atoms with Gasteiger partial charge in [-0.05, 0) is 244 Å². The zero-order valence-electron chi connectivity index (χ0n) is 69.3. The van der Waals surface area contributed by atoms with E-state index in [1.165, 1.54) is 134 Å². The molecule has 0 aliphatic heterocycles. The average Bonchev–Trinajstić information content (AvgIpc) is 0.899. The van der Waals surface area contributed by atoms with Crippen LogP contribution in [-0.4, -0.2) is 95.7 Å². The van der Waals surface area contributed by atoms with E-state index in [2.05, 4.69) is 291 Å². The molecule has 0 saturated heterocycles. The first-order chi connectivity index (χ1) is 53.7. The van der Waals surface area contributed by atoms with Crippen molar-refractivity contribution in [3.05, 3.63) is 273 Å². The molecule has 8 aromatic rings. The number of aryl methyl sites for hydroxylation is 4. The highest BCUT2D eigenvalue weighted by Gasteiger charge is 2.33. The maximum absolute atomic E-state index is 13.0. The van der Waals surface area contributed by atoms with Gasteiger partial charge in [-0.2, -0.15) is 11.3 Å². The molecule has 1 aromatic heterocycles. The fourth-order valence-corrected chi connectivity index (χ4v) is 16.2. The maximum atomic E-state index is 13.0. The van der Waals surface area contributed by atoms with Crippen molar-refractivity contribution in [1.82, 2.24) is 42.5 Å². The van der Waals surface area contributed by atoms with Crippen LogP contribution in [0.25, 0.3) is 6.08 Å². The van der Waals surface area contributed by atoms with Crippen molar-refractivity contribution in [2.24, 2.45) is 29.6 Å². The molecule has 2 fully saturated rings. The zero-order chi connectivity index (χ0) is 77.9. The second-order valence-corrected chi connectivity index (χ2v) is 33.5. The number of hydrogen-bond acceptors (Lipinski definition) is 10. The Hall–Kier alpha value is -6.61. The minimum Gasteiger partial charge on any atom is -0.494 e. The van der Waals surface area contributed by atoms with Gasteiger partial charge < -0.3 is 47.3 Å². The quantitative estimate of drug-likeness (QED) is 0.0177. The highest BCUT2D eigenvalue weighted by Crippen LogP contribution is 2.40. The molecule has 2 saturated carbocycles. The van der Waals surface area contributed by atoms with E-state index in [0.29, 0.717) is 60.5 Å². The molecular weight excluding hydrogens is 1370 g/mol. The monoisotopic (exact) mass is 1510 g/mol. The number of nitrogens with one attached hydrogen (secondary N) is 8. The molecule has 2 aliphatic carbocycles. The Kier molecular flexibility index (Phi) is 45.9. The number of benzene rings is 7. The summed E-state index contributed by atoms with van der Waals surface area (Å²) in [5.41, 5.74) is 12.2. The number of rotatable bonds is 47. The molecule has 600 valence electrons. The fraction of sp³-hybridized carbons (Fsp3) is 0.515. The summed E-state index contributed by atoms with van der Waals surface area (Å²) < 4.78 is 18.8. The first kappa shape index (κ1) is 90.6. The number of ether oxygens (including phenoxy) is 1. The molecule has 0 amide bonds. The summed E-state index contributed by atoms with van der Waals surface area (Å²) in [6.07, 6.45) is 28.2. The van der Waals surface area contributed by atoms with Crippen molar-refractivity contribution < 1.29 is 9.13 Å². The molecule has 0 radical (unpaired) electrons. The molecule has 7 unspecified atom stereocenters. The van der Waals surface area contributed by atoms with Crippen LogP contribution in [0, 0.1) is 35.4 Å². The van der Waals surface area contributed by atoms with E-state index in [-0.39, 0.29) is 5.82 Å². The van der Waals surface area contributed by atoms with Gasteiger partial charge in [0.2, 0.25) is 0 Å². The maximum Gasteiger partial charge on any atom is 0.123 e. The van der Waals surface area contributed by atoms with Gasteiger partial charge in [-0.3, -0.25) is 0 Å². The van der Waals surface area contributed by atoms with Gasteiger partial charge in [0, 0.05) is 81.6 Å². The van der Waals surface area contributed by atoms with Gasteiger partial charge in [-0.15, -0.1) is 0 Å². The van der Waals surface area contributed by atoms with Crippen molar-refractivity contribution in [2.45, 2.75) is 234 Å². The Labute approximate surface area is 672 Å². The van der Waals surface area contributed by atoms with E-state index in [9.17, 15) is 4.39 Å². The van der Waals surface area contributed by atoms with Crippen LogP contribution in [0.1, 0.15) is 208 Å². The molecular formula is C99H145FN8OS. The van der Waals surface area contributed by atoms with E-state index in [1.54, 1.807) is 23.5 Å². The van der Waals surface area contributed by atoms with Crippen LogP contribution in [0.4, 0.5) is 4.39 Å². The van der Waals surface area contributed by atoms with Gasteiger partial charge in [0.25, 0.3) is 0 Å². The summed E-state index contributed by atoms with van der Waals surface area (Å²) >= 11 is 1.80. The molecule has 7 atom stereocenters. The molecule has 9 nitrogen and oxygen atoms in total. The topological polar surface area (TPSA) is 105 Å². The molecule has 7 aromatic carbocycles. The summed E-state index contributed by atoms with van der Waals surface area (Å²) in [6, 6.07) is 72.0. The van der Waals surface area contributed by atoms with Gasteiger partial charge in [0.05, 0.1) is 6.61 Å². The van der Waals surface area contributed by atoms with Crippen LogP contribution in [0.15, 0.2) is 217 Å². The van der Waals surface area contributed by atoms with Gasteiger partial charge in [0.1, 0.15) is 11.6 Å². The number of fused-ring (bicyclic) bond motifs is 1. The third-order valence-electron chi connectivity index (χ3n) is 21.4. The lowest BCUT2D eigenvalue weighted by atomic mass is 9.69. The van der Waals surface area contributed by atoms with E-state index in [0.717, 1.165) is 128 Å². The van der Waals surface area contributed by atoms with Crippen molar-refractivity contribution in [3.63, 3.8) is 0 Å². The molecule has 1 heterocycles. The summed E-state index contributed by atoms with van der Waals surface area (Å²) in [5, 5.41) is 34.3. The number of halogens is 1. The predicted octanol–water partition coefficient (Wildman–Crippen LogP) is 21.2. The minimum atomic E-state index is -0.151. The lowest BCUT2D eigenvalue weighted by molar-refractivity contribution is 0.138. The number of para-hydroxylation sites is 1. The van der Waals surface area contributed by atoms with Crippen molar-refractivity contribution in [2.75, 3.05) is 65.5 Å². The van der Waals surface area contributed by atoms with Gasteiger partial charge in [-0.25, -0.2) is 4.39 Å². The SMILES string of the molecule is CC(C)CC(CNCCCc1ccccc1)NC/C=C/c1ccccc1.CC(C)CC(CNCCCc1ccccc1)NCc1ccc(C(C)C)cc1.CCOc1ccccc1CNC(CNCCCc1ccccc1)CC(C)C.Fc1ccc(CCCNCC(Cc2ccsc2)NC2CCC3CCCCC3C2)cc1. The van der Waals surface area contributed by atoms with Gasteiger partial charge >= 0.3 is 0 Å². The molecule has 0 spiro atoms. The Balaban J connectivity index is 0.000000204. The van der Waals surface area contributed by atoms with Crippen molar-refractivity contribution in [1.29, 1.82) is 0 Å². The van der Waals surface area contributed by atoms with Gasteiger partial charge in [-0.1, -0.05) is 269 Å². The van der Waals surface area contributed by atoms with Gasteiger partial charge in [0.15, 0.2) is 0 Å². The smallest absolute Gasteiger partial charge is 0.123 e. The Morgan fingerprint density at radius 1 is 0.445 bits per heavy atom. The number of thiophene rings is 1. The fourth-order valence-electron chi connectivity index (χ4n) is 15.5. The highest BCUT2D eigenvalue weighted by atomic mass is 32.1. The Morgan fingerprint density at radius 3 is 1.39 bits per heavy atom. The lowest BCUT2D eigenvalue weighted by Gasteiger charge is -2.40. The summed E-state index contributed by atoms with van der Waals surface area (Å²) in [4.78, 5) is 0. The normalized spacial score (nSPS) is 16.0. The van der Waals surface area contributed by atoms with Crippen LogP contribution in [0.5, 0.6) is 5.75 Å². The van der Waals surface area contributed by atoms with Crippen LogP contribution in [0.2, 0.25) is 0 Å². The Bertz CT molecular complexity index is 3520. The third-order valence-corrected chi connectivity index (χ3v) is 22.1. The second kappa shape index (κ2) is 55.8. The largest absolute Gasteiger partial charge is 0.494 e. The van der Waals surface area contributed by atoms with E-state index in [4.69, 9.17) is 4.74 Å². The van der Waals surface area contributed by atoms with Crippen LogP contribution >= 0.6 is 11.3 Å². The zero-order valence-corrected chi connectivity index (χ0v) is 70.1. The molecule has 11 heteroatoms. The highest BCUT2D eigenvalue weighted by molar-refractivity contribution is 7.07. The second-order valence-electron chi connectivity index (χ2n) is 32.7. The summed E-state index contributed by atoms with van der Waals surface area (Å²) in [7, 11) is 0. The first-order valence-electron chi connectivity index (χ1n) is 42.9. The van der Waals surface area contributed by atoms with Crippen LogP contribution < -0.4 is 47.3 Å². The summed E-state index contributed by atoms with van der Waals surface area (Å²) in [5.74, 6) is 5.51. The van der Waals surface area contributed by atoms with E-state index < -0.39 is 0 Å². The van der Waals surface area contributed by atoms with E-state index in [1.807, 2.05) is 25.1 Å². The van der Waals surface area contributed by atoms with Crippen molar-refractivity contribution in [3.8, 4) is 5.75 Å². The summed E-state index contributed by atoms with van der Waals surface area (Å²) in [6.45, 7) is 32.0. The Morgan fingerprint density at radius 2 is 0.900 bits per heavy atom. The molecule has 0 bridgehead atoms. The first-order valence-corrected chi connectivity index (χ1v) is 43.8. The standard InChI is InChI=1S/C26H37FN2S.C25H38N2.C24H36N2O.C24H34N2/c27-24-10-7-20(8-11-24)4-3-14-28-18-26(16-21-13-15-30-19-21)29-25-12-9-22-5-1-2-6-23(22)17-25;1-20(2)17-25(19-26-16-8-11-22-9-6-5-7-10-22)27-18-23-12-14-24(15-13-23)21(3)4;1-4-27-24-15-9-8-14-22(24)18-26-23(17-20(2)3)19-25-16-10-13-21-11-6-5-7-12-21;1-21(2)19-24(26-18-10-16-23-13-7-4-8-14-23)20-25-17-9-15-22-11-5-3-6-12-22/h7-8,10-11,13,15,19,22-23,25-26,28-29H,1-6,9,12,14,16-18H2;5-7,9-10,12-15,20-21,25-27H,8,11,16-19H2,1-4H3;5-9,11-12,14-15,20,23,25-26H,4,10,13,16-19H2,1-3H3;3-8,10-14,16,21,24-26H,9,15,17-20H2,1-2H3/b;;;16-10+. The molecule has 110 heavy (non-hydrogen) atoms. The van der Waals surface area contributed by atoms with E-state index >= 15 is 0 Å². The molecule has 8 N–H and O–H groups in total. The number of hydrogen-bond donors (Lipinski definition) is 8.